The summed E-state index contributed by atoms with van der Waals surface area (Å²) < 4.78 is 5.47. The van der Waals surface area contributed by atoms with Crippen LogP contribution in [-0.4, -0.2) is 41.0 Å². The van der Waals surface area contributed by atoms with Crippen LogP contribution in [0, 0.1) is 25.2 Å². The number of carbonyl (C=O) groups excluding carboxylic acids is 3. The SMILES string of the molecule is Cc1cccc(C(C(=O)Nc2ccc3ccccc3c2)N(CC#N)C(=O)C(Cc2ccccc2)NC(=O)OC(C)(C)C)c1C. The Kier molecular flexibility index (Phi) is 10.0. The van der Waals surface area contributed by atoms with E-state index in [1.165, 1.54) is 4.90 Å². The largest absolute Gasteiger partial charge is 0.444 e. The number of hydrogen-bond donors (Lipinski definition) is 2. The van der Waals surface area contributed by atoms with Crippen LogP contribution in [0.25, 0.3) is 10.8 Å². The lowest BCUT2D eigenvalue weighted by Crippen LogP contribution is -2.53. The average molecular weight is 591 g/mol. The number of nitrogens with zero attached hydrogens (tertiary/aromatic N) is 2. The van der Waals surface area contributed by atoms with Crippen molar-refractivity contribution >= 4 is 34.4 Å². The van der Waals surface area contributed by atoms with Gasteiger partial charge in [0.2, 0.25) is 5.91 Å². The zero-order valence-corrected chi connectivity index (χ0v) is 25.8. The van der Waals surface area contributed by atoms with Gasteiger partial charge in [-0.05, 0) is 79.8 Å². The first-order valence-electron chi connectivity index (χ1n) is 14.5. The zero-order chi connectivity index (χ0) is 31.9. The molecule has 0 aliphatic heterocycles. The maximum Gasteiger partial charge on any atom is 0.408 e. The van der Waals surface area contributed by atoms with Crippen LogP contribution in [-0.2, 0) is 20.7 Å². The lowest BCUT2D eigenvalue weighted by Gasteiger charge is -2.34. The van der Waals surface area contributed by atoms with Crippen LogP contribution in [0.3, 0.4) is 0 Å². The highest BCUT2D eigenvalue weighted by Gasteiger charge is 2.37. The summed E-state index contributed by atoms with van der Waals surface area (Å²) in [5.74, 6) is -1.06. The predicted octanol–water partition coefficient (Wildman–Crippen LogP) is 6.62. The summed E-state index contributed by atoms with van der Waals surface area (Å²) in [5, 5.41) is 17.6. The highest BCUT2D eigenvalue weighted by atomic mass is 16.6. The van der Waals surface area contributed by atoms with Crippen molar-refractivity contribution in [1.29, 1.82) is 5.26 Å². The molecule has 226 valence electrons. The molecule has 8 nitrogen and oxygen atoms in total. The summed E-state index contributed by atoms with van der Waals surface area (Å²) in [4.78, 5) is 42.8. The lowest BCUT2D eigenvalue weighted by atomic mass is 9.94. The molecule has 0 heterocycles. The first-order chi connectivity index (χ1) is 21.0. The van der Waals surface area contributed by atoms with Crippen molar-refractivity contribution in [2.45, 2.75) is 58.7 Å². The topological polar surface area (TPSA) is 112 Å². The van der Waals surface area contributed by atoms with Crippen molar-refractivity contribution in [2.75, 3.05) is 11.9 Å². The molecule has 44 heavy (non-hydrogen) atoms. The molecule has 0 bridgehead atoms. The van der Waals surface area contributed by atoms with Crippen LogP contribution in [0.1, 0.15) is 49.1 Å². The number of carbonyl (C=O) groups is 3. The zero-order valence-electron chi connectivity index (χ0n) is 25.8. The van der Waals surface area contributed by atoms with Gasteiger partial charge in [0.05, 0.1) is 6.07 Å². The molecule has 4 aromatic rings. The summed E-state index contributed by atoms with van der Waals surface area (Å²) in [6, 6.07) is 28.0. The Hall–Kier alpha value is -5.16. The third kappa shape index (κ3) is 8.01. The molecule has 2 unspecified atom stereocenters. The van der Waals surface area contributed by atoms with Gasteiger partial charge in [-0.2, -0.15) is 5.26 Å². The number of alkyl carbamates (subject to hydrolysis) is 1. The molecule has 0 aliphatic carbocycles. The van der Waals surface area contributed by atoms with Crippen LogP contribution in [0.15, 0.2) is 91.0 Å². The minimum atomic E-state index is -1.16. The van der Waals surface area contributed by atoms with Crippen LogP contribution in [0.2, 0.25) is 0 Å². The van der Waals surface area contributed by atoms with Gasteiger partial charge in [-0.3, -0.25) is 9.59 Å². The molecular weight excluding hydrogens is 552 g/mol. The van der Waals surface area contributed by atoms with Gasteiger partial charge in [0, 0.05) is 12.1 Å². The van der Waals surface area contributed by atoms with Gasteiger partial charge in [-0.1, -0.05) is 78.9 Å². The van der Waals surface area contributed by atoms with E-state index in [1.807, 2.05) is 92.7 Å². The van der Waals surface area contributed by atoms with Gasteiger partial charge in [-0.25, -0.2) is 4.79 Å². The van der Waals surface area contributed by atoms with E-state index >= 15 is 0 Å². The molecule has 3 amide bonds. The van der Waals surface area contributed by atoms with Crippen molar-refractivity contribution in [3.8, 4) is 6.07 Å². The van der Waals surface area contributed by atoms with Crippen molar-refractivity contribution in [2.24, 2.45) is 0 Å². The smallest absolute Gasteiger partial charge is 0.408 e. The molecule has 0 spiro atoms. The number of anilines is 1. The molecule has 0 fully saturated rings. The highest BCUT2D eigenvalue weighted by molar-refractivity contribution is 6.00. The maximum absolute atomic E-state index is 14.4. The molecule has 0 aromatic heterocycles. The average Bonchev–Trinajstić information content (AvgIpc) is 2.98. The minimum absolute atomic E-state index is 0.132. The molecule has 2 N–H and O–H groups in total. The predicted molar refractivity (Wildman–Crippen MR) is 172 cm³/mol. The third-order valence-electron chi connectivity index (χ3n) is 7.31. The van der Waals surface area contributed by atoms with Gasteiger partial charge in [0.1, 0.15) is 24.2 Å². The number of nitrogens with one attached hydrogen (secondary N) is 2. The van der Waals surface area contributed by atoms with E-state index in [0.29, 0.717) is 11.3 Å². The first-order valence-corrected chi connectivity index (χ1v) is 14.5. The number of nitriles is 1. The second-order valence-corrected chi connectivity index (χ2v) is 11.8. The number of aryl methyl sites for hydroxylation is 1. The Morgan fingerprint density at radius 3 is 2.25 bits per heavy atom. The monoisotopic (exact) mass is 590 g/mol. The molecule has 4 rings (SSSR count). The fourth-order valence-corrected chi connectivity index (χ4v) is 5.07. The molecule has 0 saturated heterocycles. The van der Waals surface area contributed by atoms with Crippen molar-refractivity contribution < 1.29 is 19.1 Å². The van der Waals surface area contributed by atoms with E-state index in [9.17, 15) is 19.6 Å². The Morgan fingerprint density at radius 1 is 0.886 bits per heavy atom. The van der Waals surface area contributed by atoms with Crippen molar-refractivity contribution in [3.63, 3.8) is 0 Å². The van der Waals surface area contributed by atoms with Crippen molar-refractivity contribution in [1.82, 2.24) is 10.2 Å². The van der Waals surface area contributed by atoms with E-state index < -0.39 is 35.6 Å². The third-order valence-corrected chi connectivity index (χ3v) is 7.31. The van der Waals surface area contributed by atoms with E-state index in [1.54, 1.807) is 32.9 Å². The molecular formula is C36H38N4O4. The Bertz CT molecular complexity index is 1690. The highest BCUT2D eigenvalue weighted by Crippen LogP contribution is 2.29. The lowest BCUT2D eigenvalue weighted by molar-refractivity contribution is -0.140. The van der Waals surface area contributed by atoms with Crippen LogP contribution < -0.4 is 10.6 Å². The number of fused-ring (bicyclic) bond motifs is 1. The van der Waals surface area contributed by atoms with Gasteiger partial charge >= 0.3 is 6.09 Å². The number of benzene rings is 4. The molecule has 8 heteroatoms. The second kappa shape index (κ2) is 13.9. The maximum atomic E-state index is 14.4. The summed E-state index contributed by atoms with van der Waals surface area (Å²) in [6.07, 6.45) is -0.639. The minimum Gasteiger partial charge on any atom is -0.444 e. The standard InChI is InChI=1S/C36H38N4O4/c1-24-12-11-17-30(25(24)2)32(33(41)38-29-19-18-27-15-9-10-16-28(27)23-29)40(21-20-37)34(42)31(22-26-13-7-6-8-14-26)39-35(43)44-36(3,4)5/h6-19,23,31-32H,21-22H2,1-5H3,(H,38,41)(H,39,43). The number of rotatable bonds is 9. The fourth-order valence-electron chi connectivity index (χ4n) is 5.07. The summed E-state index contributed by atoms with van der Waals surface area (Å²) >= 11 is 0. The number of ether oxygens (including phenoxy) is 1. The van der Waals surface area contributed by atoms with E-state index in [4.69, 9.17) is 4.74 Å². The van der Waals surface area contributed by atoms with Crippen LogP contribution in [0.5, 0.6) is 0 Å². The molecule has 2 atom stereocenters. The van der Waals surface area contributed by atoms with Gasteiger partial charge in [-0.15, -0.1) is 0 Å². The summed E-state index contributed by atoms with van der Waals surface area (Å²) in [5.41, 5.74) is 2.90. The Balaban J connectivity index is 1.76. The summed E-state index contributed by atoms with van der Waals surface area (Å²) in [6.45, 7) is 8.62. The normalized spacial score (nSPS) is 12.5. The van der Waals surface area contributed by atoms with Gasteiger partial charge in [0.15, 0.2) is 0 Å². The fraction of sp³-hybridized carbons (Fsp3) is 0.278. The summed E-state index contributed by atoms with van der Waals surface area (Å²) in [7, 11) is 0. The Labute approximate surface area is 258 Å². The van der Waals surface area contributed by atoms with Crippen LogP contribution >= 0.6 is 0 Å². The molecule has 0 saturated carbocycles. The number of amides is 3. The second-order valence-electron chi connectivity index (χ2n) is 11.8. The van der Waals surface area contributed by atoms with Crippen molar-refractivity contribution in [3.05, 3.63) is 113 Å². The van der Waals surface area contributed by atoms with E-state index in [2.05, 4.69) is 16.7 Å². The first kappa shape index (κ1) is 31.8. The van der Waals surface area contributed by atoms with Crippen LogP contribution in [0.4, 0.5) is 10.5 Å². The van der Waals surface area contributed by atoms with Gasteiger partial charge < -0.3 is 20.3 Å². The molecule has 0 radical (unpaired) electrons. The van der Waals surface area contributed by atoms with Gasteiger partial charge in [0.25, 0.3) is 5.91 Å². The molecule has 0 aliphatic rings. The number of hydrogen-bond acceptors (Lipinski definition) is 5. The van der Waals surface area contributed by atoms with E-state index in [-0.39, 0.29) is 13.0 Å². The van der Waals surface area contributed by atoms with E-state index in [0.717, 1.165) is 27.5 Å². The molecule has 4 aromatic carbocycles. The Morgan fingerprint density at radius 2 is 1.57 bits per heavy atom. The quantitative estimate of drug-likeness (QED) is 0.213.